The van der Waals surface area contributed by atoms with Crippen molar-refractivity contribution in [3.05, 3.63) is 75.9 Å². The van der Waals surface area contributed by atoms with Crippen LogP contribution < -0.4 is 0 Å². The first kappa shape index (κ1) is 25.3. The van der Waals surface area contributed by atoms with E-state index in [1.165, 1.54) is 80.1 Å². The fourth-order valence-electron chi connectivity index (χ4n) is 5.10. The number of fused-ring (bicyclic) bond motifs is 1. The predicted octanol–water partition coefficient (Wildman–Crippen LogP) is 8.64. The highest BCUT2D eigenvalue weighted by Gasteiger charge is 2.24. The molecule has 0 amide bonds. The van der Waals surface area contributed by atoms with E-state index in [0.29, 0.717) is 11.0 Å². The van der Waals surface area contributed by atoms with Gasteiger partial charge in [-0.25, -0.2) is 4.79 Å². The van der Waals surface area contributed by atoms with Gasteiger partial charge >= 0.3 is 5.97 Å². The zero-order valence-electron chi connectivity index (χ0n) is 21.2. The standard InChI is InChI=1S/C31H42O2/c1-5-7-8-9-10-11-12-27-21-25-17-19-31(3,4)20-18-26(25)22-29(27)28(6-2)23-13-15-24(16-14-23)30(32)33/h6,13-16,21-22H,5,7-12,17-20H2,1-4H3,(H,32,33). The third-order valence-electron chi connectivity index (χ3n) is 7.39. The lowest BCUT2D eigenvalue weighted by atomic mass is 9.85. The van der Waals surface area contributed by atoms with Gasteiger partial charge in [-0.05, 0) is 96.4 Å². The van der Waals surface area contributed by atoms with Crippen molar-refractivity contribution in [2.75, 3.05) is 0 Å². The van der Waals surface area contributed by atoms with Crippen molar-refractivity contribution in [2.45, 2.75) is 98.3 Å². The summed E-state index contributed by atoms with van der Waals surface area (Å²) in [6.45, 7) is 9.17. The Bertz CT molecular complexity index is 963. The molecule has 2 aromatic rings. The maximum Gasteiger partial charge on any atom is 0.335 e. The quantitative estimate of drug-likeness (QED) is 0.293. The molecule has 0 radical (unpaired) electrons. The lowest BCUT2D eigenvalue weighted by Gasteiger charge is -2.21. The molecule has 0 heterocycles. The molecule has 0 unspecified atom stereocenters. The molecule has 0 atom stereocenters. The van der Waals surface area contributed by atoms with Gasteiger partial charge in [0.05, 0.1) is 5.56 Å². The highest BCUT2D eigenvalue weighted by atomic mass is 16.4. The van der Waals surface area contributed by atoms with Crippen molar-refractivity contribution in [1.29, 1.82) is 0 Å². The molecule has 0 bridgehead atoms. The number of hydrogen-bond donors (Lipinski definition) is 1. The maximum absolute atomic E-state index is 11.3. The van der Waals surface area contributed by atoms with Gasteiger partial charge in [0.15, 0.2) is 0 Å². The first-order chi connectivity index (χ1) is 15.8. The van der Waals surface area contributed by atoms with Crippen LogP contribution in [0.2, 0.25) is 0 Å². The van der Waals surface area contributed by atoms with E-state index in [1.807, 2.05) is 12.1 Å². The summed E-state index contributed by atoms with van der Waals surface area (Å²) < 4.78 is 0. The van der Waals surface area contributed by atoms with Gasteiger partial charge < -0.3 is 5.11 Å². The van der Waals surface area contributed by atoms with Crippen LogP contribution in [0.25, 0.3) is 5.57 Å². The minimum Gasteiger partial charge on any atom is -0.478 e. The lowest BCUT2D eigenvalue weighted by molar-refractivity contribution is 0.0697. The molecule has 0 spiro atoms. The van der Waals surface area contributed by atoms with Gasteiger partial charge in [0.1, 0.15) is 0 Å². The number of carbonyl (C=O) groups is 1. The zero-order chi connectivity index (χ0) is 23.8. The van der Waals surface area contributed by atoms with Gasteiger partial charge in [-0.3, -0.25) is 0 Å². The molecule has 0 aliphatic heterocycles. The number of hydrogen-bond acceptors (Lipinski definition) is 1. The molecule has 1 aliphatic carbocycles. The van der Waals surface area contributed by atoms with Crippen molar-refractivity contribution < 1.29 is 9.90 Å². The van der Waals surface area contributed by atoms with E-state index in [4.69, 9.17) is 0 Å². The molecule has 0 fully saturated rings. The first-order valence-corrected chi connectivity index (χ1v) is 13.0. The van der Waals surface area contributed by atoms with E-state index in [0.717, 1.165) is 18.4 Å². The number of carboxylic acids is 1. The molecule has 0 saturated carbocycles. The lowest BCUT2D eigenvalue weighted by Crippen LogP contribution is -2.10. The van der Waals surface area contributed by atoms with Crippen molar-refractivity contribution in [3.63, 3.8) is 0 Å². The minimum absolute atomic E-state index is 0.339. The van der Waals surface area contributed by atoms with E-state index in [1.54, 1.807) is 17.7 Å². The molecule has 1 aliphatic rings. The Morgan fingerprint density at radius 1 is 0.909 bits per heavy atom. The number of allylic oxidation sites excluding steroid dienone is 1. The predicted molar refractivity (Wildman–Crippen MR) is 140 cm³/mol. The number of rotatable bonds is 10. The third-order valence-corrected chi connectivity index (χ3v) is 7.39. The number of unbranched alkanes of at least 4 members (excludes halogenated alkanes) is 5. The van der Waals surface area contributed by atoms with E-state index in [-0.39, 0.29) is 0 Å². The van der Waals surface area contributed by atoms with Gasteiger partial charge in [-0.15, -0.1) is 0 Å². The van der Waals surface area contributed by atoms with Crippen LogP contribution in [-0.2, 0) is 19.3 Å². The summed E-state index contributed by atoms with van der Waals surface area (Å²) >= 11 is 0. The molecule has 2 nitrogen and oxygen atoms in total. The first-order valence-electron chi connectivity index (χ1n) is 13.0. The molecular formula is C31H42O2. The van der Waals surface area contributed by atoms with Gasteiger partial charge in [-0.1, -0.05) is 83.2 Å². The normalized spacial score (nSPS) is 15.7. The Kier molecular flexibility index (Phi) is 8.95. The largest absolute Gasteiger partial charge is 0.478 e. The highest BCUT2D eigenvalue weighted by Crippen LogP contribution is 2.37. The van der Waals surface area contributed by atoms with Crippen LogP contribution in [0, 0.1) is 5.41 Å². The molecule has 2 heteroatoms. The molecule has 3 rings (SSSR count). The molecule has 1 N–H and O–H groups in total. The van der Waals surface area contributed by atoms with Crippen molar-refractivity contribution in [3.8, 4) is 0 Å². The smallest absolute Gasteiger partial charge is 0.335 e. The summed E-state index contributed by atoms with van der Waals surface area (Å²) in [5, 5.41) is 9.29. The third kappa shape index (κ3) is 6.82. The second-order valence-corrected chi connectivity index (χ2v) is 10.5. The average Bonchev–Trinajstić information content (AvgIpc) is 2.95. The second-order valence-electron chi connectivity index (χ2n) is 10.5. The summed E-state index contributed by atoms with van der Waals surface area (Å²) in [4.78, 5) is 11.3. The Morgan fingerprint density at radius 2 is 1.48 bits per heavy atom. The Labute approximate surface area is 201 Å². The van der Waals surface area contributed by atoms with Gasteiger partial charge in [0.2, 0.25) is 0 Å². The SMILES string of the molecule is CC=C(c1ccc(C(=O)O)cc1)c1cc2c(cc1CCCCCCCC)CCC(C)(C)CC2. The highest BCUT2D eigenvalue weighted by molar-refractivity contribution is 5.89. The summed E-state index contributed by atoms with van der Waals surface area (Å²) in [6, 6.07) is 12.3. The molecule has 0 aromatic heterocycles. The van der Waals surface area contributed by atoms with Crippen molar-refractivity contribution >= 4 is 11.5 Å². The van der Waals surface area contributed by atoms with Crippen LogP contribution in [0.5, 0.6) is 0 Å². The number of benzene rings is 2. The molecular weight excluding hydrogens is 404 g/mol. The fourth-order valence-corrected chi connectivity index (χ4v) is 5.10. The second kappa shape index (κ2) is 11.7. The molecule has 33 heavy (non-hydrogen) atoms. The van der Waals surface area contributed by atoms with E-state index in [2.05, 4.69) is 45.9 Å². The van der Waals surface area contributed by atoms with Gasteiger partial charge in [0, 0.05) is 0 Å². The summed E-state index contributed by atoms with van der Waals surface area (Å²) in [5.41, 5.74) is 8.90. The topological polar surface area (TPSA) is 37.3 Å². The minimum atomic E-state index is -0.875. The summed E-state index contributed by atoms with van der Waals surface area (Å²) in [7, 11) is 0. The van der Waals surface area contributed by atoms with Crippen LogP contribution in [0.4, 0.5) is 0 Å². The van der Waals surface area contributed by atoms with Crippen LogP contribution in [0.15, 0.2) is 42.5 Å². The fraction of sp³-hybridized carbons (Fsp3) is 0.516. The van der Waals surface area contributed by atoms with Crippen LogP contribution in [-0.4, -0.2) is 11.1 Å². The van der Waals surface area contributed by atoms with E-state index >= 15 is 0 Å². The number of carboxylic acid groups (broad SMARTS) is 1. The Balaban J connectivity index is 1.92. The van der Waals surface area contributed by atoms with Gasteiger partial charge in [0.25, 0.3) is 0 Å². The Hall–Kier alpha value is -2.35. The number of aromatic carboxylic acids is 1. The van der Waals surface area contributed by atoms with Gasteiger partial charge in [-0.2, -0.15) is 0 Å². The molecule has 0 saturated heterocycles. The summed E-state index contributed by atoms with van der Waals surface area (Å²) in [6.07, 6.45) is 15.9. The van der Waals surface area contributed by atoms with E-state index in [9.17, 15) is 9.90 Å². The van der Waals surface area contributed by atoms with Crippen LogP contribution in [0.1, 0.15) is 117 Å². The molecule has 178 valence electrons. The van der Waals surface area contributed by atoms with Crippen LogP contribution >= 0.6 is 0 Å². The number of aryl methyl sites for hydroxylation is 3. The monoisotopic (exact) mass is 446 g/mol. The molecule has 2 aromatic carbocycles. The van der Waals surface area contributed by atoms with Crippen molar-refractivity contribution in [2.24, 2.45) is 5.41 Å². The van der Waals surface area contributed by atoms with Crippen molar-refractivity contribution in [1.82, 2.24) is 0 Å². The maximum atomic E-state index is 11.3. The summed E-state index contributed by atoms with van der Waals surface area (Å²) in [5.74, 6) is -0.875. The zero-order valence-corrected chi connectivity index (χ0v) is 21.2. The Morgan fingerprint density at radius 3 is 2.09 bits per heavy atom. The average molecular weight is 447 g/mol. The van der Waals surface area contributed by atoms with E-state index < -0.39 is 5.97 Å². The van der Waals surface area contributed by atoms with Crippen LogP contribution in [0.3, 0.4) is 0 Å².